The molecule has 1 aromatic heterocycles. The van der Waals surface area contributed by atoms with Crippen LogP contribution in [0.2, 0.25) is 0 Å². The lowest BCUT2D eigenvalue weighted by Gasteiger charge is -2.28. The summed E-state index contributed by atoms with van der Waals surface area (Å²) >= 11 is 0. The molecule has 41 heavy (non-hydrogen) atoms. The van der Waals surface area contributed by atoms with Gasteiger partial charge in [-0.2, -0.15) is 5.10 Å². The summed E-state index contributed by atoms with van der Waals surface area (Å²) in [6, 6.07) is 12.9. The summed E-state index contributed by atoms with van der Waals surface area (Å²) in [4.78, 5) is 39.2. The number of carbonyl (C=O) groups excluding carboxylic acids is 3. The van der Waals surface area contributed by atoms with Gasteiger partial charge in [-0.15, -0.1) is 10.2 Å². The summed E-state index contributed by atoms with van der Waals surface area (Å²) in [6.07, 6.45) is 5.24. The first-order valence-corrected chi connectivity index (χ1v) is 14.0. The molecular formula is C31H35N5O5. The largest absolute Gasteiger partial charge is 0.465 e. The third-order valence-electron chi connectivity index (χ3n) is 7.63. The molecule has 5 rings (SSSR count). The monoisotopic (exact) mass is 557 g/mol. The Hall–Kier alpha value is -4.34. The Morgan fingerprint density at radius 1 is 1.07 bits per heavy atom. The summed E-state index contributed by atoms with van der Waals surface area (Å²) in [7, 11) is 1.31. The van der Waals surface area contributed by atoms with Crippen LogP contribution in [0.4, 0.5) is 10.5 Å². The van der Waals surface area contributed by atoms with Crippen molar-refractivity contribution in [3.05, 3.63) is 65.5 Å². The first kappa shape index (κ1) is 28.2. The van der Waals surface area contributed by atoms with Crippen molar-refractivity contribution in [2.45, 2.75) is 65.3 Å². The molecule has 1 saturated carbocycles. The number of fused-ring (bicyclic) bond motifs is 1. The Bertz CT molecular complexity index is 1480. The number of methoxy groups -OCH3 is 1. The number of amides is 2. The van der Waals surface area contributed by atoms with Crippen molar-refractivity contribution in [3.8, 4) is 11.5 Å². The van der Waals surface area contributed by atoms with Gasteiger partial charge in [0.2, 0.25) is 11.8 Å². The van der Waals surface area contributed by atoms with Crippen molar-refractivity contribution < 1.29 is 23.5 Å². The maximum absolute atomic E-state index is 13.7. The highest BCUT2D eigenvalue weighted by Gasteiger charge is 2.38. The highest BCUT2D eigenvalue weighted by Crippen LogP contribution is 2.36. The van der Waals surface area contributed by atoms with Gasteiger partial charge in [0, 0.05) is 28.9 Å². The molecular weight excluding hydrogens is 522 g/mol. The minimum atomic E-state index is -0.945. The minimum Gasteiger partial charge on any atom is -0.465 e. The molecule has 0 spiro atoms. The SMILES string of the molecule is COC(=O)c1cccc(-c2nnc(C(CC(=O)C(C)(C)C)N3N=C(C4CCCCC4)c4ccccc4NC3=O)o2)c1. The topological polar surface area (TPSA) is 127 Å². The number of benzene rings is 2. The fraction of sp³-hybridized carbons (Fsp3) is 0.419. The number of urea groups is 1. The number of hydrazone groups is 1. The van der Waals surface area contributed by atoms with Crippen molar-refractivity contribution >= 4 is 29.2 Å². The van der Waals surface area contributed by atoms with Crippen LogP contribution in [0.5, 0.6) is 0 Å². The van der Waals surface area contributed by atoms with Gasteiger partial charge in [0.25, 0.3) is 0 Å². The lowest BCUT2D eigenvalue weighted by Crippen LogP contribution is -2.37. The Labute approximate surface area is 239 Å². The van der Waals surface area contributed by atoms with Crippen LogP contribution in [0, 0.1) is 11.3 Å². The lowest BCUT2D eigenvalue weighted by molar-refractivity contribution is -0.127. The van der Waals surface area contributed by atoms with Crippen LogP contribution in [-0.2, 0) is 9.53 Å². The summed E-state index contributed by atoms with van der Waals surface area (Å²) in [5.74, 6) is -0.175. The maximum atomic E-state index is 13.7. The predicted molar refractivity (Wildman–Crippen MR) is 153 cm³/mol. The zero-order valence-corrected chi connectivity index (χ0v) is 23.8. The lowest BCUT2D eigenvalue weighted by atomic mass is 9.83. The Morgan fingerprint density at radius 3 is 2.56 bits per heavy atom. The van der Waals surface area contributed by atoms with Crippen LogP contribution >= 0.6 is 0 Å². The third kappa shape index (κ3) is 6.06. The smallest absolute Gasteiger partial charge is 0.343 e. The molecule has 1 aliphatic carbocycles. The molecule has 1 unspecified atom stereocenters. The van der Waals surface area contributed by atoms with Crippen LogP contribution in [0.25, 0.3) is 11.5 Å². The van der Waals surface area contributed by atoms with Crippen molar-refractivity contribution in [1.29, 1.82) is 0 Å². The van der Waals surface area contributed by atoms with Crippen LogP contribution in [0.1, 0.15) is 87.2 Å². The van der Waals surface area contributed by atoms with E-state index in [-0.39, 0.29) is 29.9 Å². The molecule has 2 aliphatic rings. The zero-order valence-electron chi connectivity index (χ0n) is 23.8. The number of hydrogen-bond donors (Lipinski definition) is 1. The summed E-state index contributed by atoms with van der Waals surface area (Å²) < 4.78 is 10.9. The second-order valence-electron chi connectivity index (χ2n) is 11.6. The second-order valence-corrected chi connectivity index (χ2v) is 11.6. The number of carbonyl (C=O) groups is 3. The number of para-hydroxylation sites is 1. The summed E-state index contributed by atoms with van der Waals surface area (Å²) in [5.41, 5.74) is 2.54. The van der Waals surface area contributed by atoms with E-state index in [1.165, 1.54) is 18.5 Å². The molecule has 10 heteroatoms. The van der Waals surface area contributed by atoms with Gasteiger partial charge in [-0.05, 0) is 37.1 Å². The first-order chi connectivity index (χ1) is 19.7. The van der Waals surface area contributed by atoms with Crippen molar-refractivity contribution in [2.75, 3.05) is 12.4 Å². The van der Waals surface area contributed by atoms with E-state index in [4.69, 9.17) is 14.3 Å². The van der Waals surface area contributed by atoms with Gasteiger partial charge in [0.1, 0.15) is 11.8 Å². The van der Waals surface area contributed by atoms with Crippen molar-refractivity contribution in [1.82, 2.24) is 15.2 Å². The van der Waals surface area contributed by atoms with Gasteiger partial charge in [0.05, 0.1) is 24.1 Å². The van der Waals surface area contributed by atoms with Gasteiger partial charge in [-0.25, -0.2) is 14.6 Å². The molecule has 3 aromatic rings. The van der Waals surface area contributed by atoms with E-state index in [1.807, 2.05) is 45.0 Å². The van der Waals surface area contributed by atoms with E-state index in [9.17, 15) is 14.4 Å². The normalized spacial score (nSPS) is 16.7. The van der Waals surface area contributed by atoms with Crippen LogP contribution < -0.4 is 5.32 Å². The fourth-order valence-electron chi connectivity index (χ4n) is 5.24. The minimum absolute atomic E-state index is 0.0709. The molecule has 1 N–H and O–H groups in total. The van der Waals surface area contributed by atoms with E-state index < -0.39 is 23.5 Å². The van der Waals surface area contributed by atoms with E-state index in [1.54, 1.807) is 24.3 Å². The van der Waals surface area contributed by atoms with Crippen molar-refractivity contribution in [2.24, 2.45) is 16.4 Å². The van der Waals surface area contributed by atoms with Gasteiger partial charge in [-0.1, -0.05) is 64.3 Å². The van der Waals surface area contributed by atoms with Crippen molar-refractivity contribution in [3.63, 3.8) is 0 Å². The molecule has 214 valence electrons. The summed E-state index contributed by atoms with van der Waals surface area (Å²) in [5, 5.41) is 17.7. The molecule has 2 heterocycles. The number of ketones is 1. The average Bonchev–Trinajstić information content (AvgIpc) is 3.41. The number of ether oxygens (including phenoxy) is 1. The van der Waals surface area contributed by atoms with E-state index in [0.717, 1.165) is 37.0 Å². The number of esters is 1. The molecule has 2 amide bonds. The third-order valence-corrected chi connectivity index (χ3v) is 7.63. The predicted octanol–water partition coefficient (Wildman–Crippen LogP) is 6.40. The Morgan fingerprint density at radius 2 is 1.83 bits per heavy atom. The molecule has 1 atom stereocenters. The highest BCUT2D eigenvalue weighted by atomic mass is 16.5. The number of hydrogen-bond acceptors (Lipinski definition) is 8. The van der Waals surface area contributed by atoms with Crippen LogP contribution in [-0.4, -0.2) is 45.8 Å². The highest BCUT2D eigenvalue weighted by molar-refractivity contribution is 6.11. The molecule has 10 nitrogen and oxygen atoms in total. The van der Waals surface area contributed by atoms with E-state index >= 15 is 0 Å². The Balaban J connectivity index is 1.58. The molecule has 2 aromatic carbocycles. The number of Topliss-reactive ketones (excluding diaryl/α,β-unsaturated/α-hetero) is 1. The molecule has 0 saturated heterocycles. The van der Waals surface area contributed by atoms with Gasteiger partial charge < -0.3 is 14.5 Å². The quantitative estimate of drug-likeness (QED) is 0.333. The second kappa shape index (κ2) is 11.6. The zero-order chi connectivity index (χ0) is 29.1. The fourth-order valence-corrected chi connectivity index (χ4v) is 5.24. The Kier molecular flexibility index (Phi) is 8.01. The standard InChI is InChI=1S/C31H35N5O5/c1-31(2,3)25(37)18-24(28-34-33-27(41-28)20-13-10-14-21(17-20)29(38)40-4)36-30(39)32-23-16-9-8-15-22(23)26(35-36)19-11-6-5-7-12-19/h8-10,13-17,19,24H,5-7,11-12,18H2,1-4H3,(H,32,39). The molecule has 0 radical (unpaired) electrons. The molecule has 1 fully saturated rings. The summed E-state index contributed by atoms with van der Waals surface area (Å²) in [6.45, 7) is 5.50. The number of aromatic nitrogens is 2. The number of rotatable bonds is 7. The molecule has 0 bridgehead atoms. The number of anilines is 1. The van der Waals surface area contributed by atoms with E-state index in [0.29, 0.717) is 16.8 Å². The van der Waals surface area contributed by atoms with Crippen LogP contribution in [0.15, 0.2) is 58.0 Å². The number of nitrogens with zero attached hydrogens (tertiary/aromatic N) is 4. The van der Waals surface area contributed by atoms with E-state index in [2.05, 4.69) is 15.5 Å². The molecule has 1 aliphatic heterocycles. The maximum Gasteiger partial charge on any atom is 0.343 e. The first-order valence-electron chi connectivity index (χ1n) is 14.0. The van der Waals surface area contributed by atoms with Gasteiger partial charge in [-0.3, -0.25) is 4.79 Å². The average molecular weight is 558 g/mol. The van der Waals surface area contributed by atoms with Crippen LogP contribution in [0.3, 0.4) is 0 Å². The number of nitrogens with one attached hydrogen (secondary N) is 1. The van der Waals surface area contributed by atoms with Gasteiger partial charge in [0.15, 0.2) is 0 Å². The van der Waals surface area contributed by atoms with Gasteiger partial charge >= 0.3 is 12.0 Å².